The van der Waals surface area contributed by atoms with E-state index < -0.39 is 6.43 Å². The molecule has 0 spiro atoms. The molecule has 0 aromatic heterocycles. The summed E-state index contributed by atoms with van der Waals surface area (Å²) in [7, 11) is 3.29. The summed E-state index contributed by atoms with van der Waals surface area (Å²) in [5.41, 5.74) is 0. The minimum Gasteiger partial charge on any atom is -0.385 e. The third-order valence-electron chi connectivity index (χ3n) is 3.21. The van der Waals surface area contributed by atoms with Gasteiger partial charge >= 0.3 is 0 Å². The lowest BCUT2D eigenvalue weighted by Crippen LogP contribution is -2.48. The molecule has 1 aliphatic rings. The molecule has 1 aliphatic heterocycles. The van der Waals surface area contributed by atoms with Gasteiger partial charge in [0.15, 0.2) is 5.96 Å². The third-order valence-corrected chi connectivity index (χ3v) is 3.21. The average Bonchev–Trinajstić information content (AvgIpc) is 2.45. The largest absolute Gasteiger partial charge is 0.385 e. The number of guanidine groups is 1. The molecule has 0 bridgehead atoms. The molecule has 1 N–H and O–H groups in total. The van der Waals surface area contributed by atoms with Crippen LogP contribution < -0.4 is 5.32 Å². The Morgan fingerprint density at radius 1 is 1.35 bits per heavy atom. The van der Waals surface area contributed by atoms with E-state index in [1.807, 2.05) is 4.90 Å². The normalized spacial score (nSPS) is 17.9. The summed E-state index contributed by atoms with van der Waals surface area (Å²) in [6.45, 7) is 2.61. The van der Waals surface area contributed by atoms with Crippen molar-refractivity contribution in [3.8, 4) is 0 Å². The van der Waals surface area contributed by atoms with Gasteiger partial charge in [0.25, 0.3) is 6.43 Å². The molecular formula is C13H25F2N3O2. The van der Waals surface area contributed by atoms with Crippen molar-refractivity contribution in [2.45, 2.75) is 31.8 Å². The number of halogens is 2. The monoisotopic (exact) mass is 293 g/mol. The van der Waals surface area contributed by atoms with E-state index in [0.717, 1.165) is 32.4 Å². The van der Waals surface area contributed by atoms with Crippen molar-refractivity contribution >= 4 is 5.96 Å². The van der Waals surface area contributed by atoms with E-state index in [1.165, 1.54) is 0 Å². The number of alkyl halides is 2. The van der Waals surface area contributed by atoms with Crippen LogP contribution in [0.2, 0.25) is 0 Å². The van der Waals surface area contributed by atoms with Gasteiger partial charge in [0.1, 0.15) is 0 Å². The Bertz CT molecular complexity index is 283. The fraction of sp³-hybridized carbons (Fsp3) is 0.923. The Hall–Kier alpha value is -0.950. The Balaban J connectivity index is 2.23. The van der Waals surface area contributed by atoms with Crippen molar-refractivity contribution in [3.05, 3.63) is 0 Å². The minimum absolute atomic E-state index is 0.247. The van der Waals surface area contributed by atoms with Crippen LogP contribution in [0, 0.1) is 0 Å². The molecule has 0 radical (unpaired) electrons. The molecule has 0 aromatic carbocycles. The summed E-state index contributed by atoms with van der Waals surface area (Å²) in [6.07, 6.45) is 0.559. The number of nitrogens with zero attached hydrogens (tertiary/aromatic N) is 2. The maximum absolute atomic E-state index is 12.2. The lowest BCUT2D eigenvalue weighted by Gasteiger charge is -2.34. The first-order valence-corrected chi connectivity index (χ1v) is 7.01. The zero-order valence-electron chi connectivity index (χ0n) is 12.3. The summed E-state index contributed by atoms with van der Waals surface area (Å²) in [5.74, 6) is 0.545. The Morgan fingerprint density at radius 3 is 2.60 bits per heavy atom. The molecule has 118 valence electrons. The van der Waals surface area contributed by atoms with Crippen molar-refractivity contribution in [1.29, 1.82) is 0 Å². The molecule has 1 saturated heterocycles. The molecule has 0 saturated carbocycles. The fourth-order valence-corrected chi connectivity index (χ4v) is 2.19. The first-order valence-electron chi connectivity index (χ1n) is 7.01. The summed E-state index contributed by atoms with van der Waals surface area (Å²) < 4.78 is 35.1. The van der Waals surface area contributed by atoms with Crippen LogP contribution in [-0.2, 0) is 9.47 Å². The zero-order valence-corrected chi connectivity index (χ0v) is 12.3. The van der Waals surface area contributed by atoms with Crippen LogP contribution in [0.15, 0.2) is 4.99 Å². The molecule has 1 heterocycles. The van der Waals surface area contributed by atoms with Gasteiger partial charge in [0.2, 0.25) is 0 Å². The quantitative estimate of drug-likeness (QED) is 0.437. The SMILES string of the molecule is CN=C(NCC(F)F)N1CCC(OCCCOC)CC1. The molecule has 1 fully saturated rings. The molecule has 5 nitrogen and oxygen atoms in total. The number of hydrogen-bond donors (Lipinski definition) is 1. The van der Waals surface area contributed by atoms with Gasteiger partial charge in [-0.25, -0.2) is 8.78 Å². The van der Waals surface area contributed by atoms with Gasteiger partial charge in [0, 0.05) is 40.5 Å². The lowest BCUT2D eigenvalue weighted by atomic mass is 10.1. The molecule has 0 atom stereocenters. The van der Waals surface area contributed by atoms with Crippen molar-refractivity contribution in [2.75, 3.05) is 47.0 Å². The lowest BCUT2D eigenvalue weighted by molar-refractivity contribution is 0.00976. The van der Waals surface area contributed by atoms with E-state index in [2.05, 4.69) is 10.3 Å². The van der Waals surface area contributed by atoms with E-state index in [9.17, 15) is 8.78 Å². The summed E-state index contributed by atoms with van der Waals surface area (Å²) in [4.78, 5) is 6.03. The van der Waals surface area contributed by atoms with Crippen molar-refractivity contribution in [2.24, 2.45) is 4.99 Å². The van der Waals surface area contributed by atoms with Crippen LogP contribution in [0.4, 0.5) is 8.78 Å². The van der Waals surface area contributed by atoms with E-state index in [1.54, 1.807) is 14.2 Å². The molecule has 0 amide bonds. The second-order valence-corrected chi connectivity index (χ2v) is 4.72. The predicted molar refractivity (Wildman–Crippen MR) is 74.4 cm³/mol. The van der Waals surface area contributed by atoms with Gasteiger partial charge in [-0.3, -0.25) is 4.99 Å². The highest BCUT2D eigenvalue weighted by Gasteiger charge is 2.22. The van der Waals surface area contributed by atoms with E-state index in [0.29, 0.717) is 19.2 Å². The topological polar surface area (TPSA) is 46.1 Å². The standard InChI is InChI=1S/C13H25F2N3O2/c1-16-13(17-10-12(14)15)18-6-4-11(5-7-18)20-9-3-8-19-2/h11-12H,3-10H2,1-2H3,(H,16,17). The Morgan fingerprint density at radius 2 is 2.05 bits per heavy atom. The predicted octanol–water partition coefficient (Wildman–Crippen LogP) is 1.34. The van der Waals surface area contributed by atoms with Crippen LogP contribution in [0.3, 0.4) is 0 Å². The smallest absolute Gasteiger partial charge is 0.255 e. The van der Waals surface area contributed by atoms with Crippen LogP contribution >= 0.6 is 0 Å². The van der Waals surface area contributed by atoms with Crippen molar-refractivity contribution < 1.29 is 18.3 Å². The first kappa shape index (κ1) is 17.1. The highest BCUT2D eigenvalue weighted by Crippen LogP contribution is 2.14. The van der Waals surface area contributed by atoms with Crippen LogP contribution in [0.5, 0.6) is 0 Å². The number of likely N-dealkylation sites (tertiary alicyclic amines) is 1. The second-order valence-electron chi connectivity index (χ2n) is 4.72. The Kier molecular flexibility index (Phi) is 8.45. The second kappa shape index (κ2) is 9.88. The molecular weight excluding hydrogens is 268 g/mol. The summed E-state index contributed by atoms with van der Waals surface area (Å²) >= 11 is 0. The number of nitrogens with one attached hydrogen (secondary N) is 1. The van der Waals surface area contributed by atoms with Gasteiger partial charge in [0.05, 0.1) is 12.6 Å². The number of hydrogen-bond acceptors (Lipinski definition) is 3. The number of aliphatic imine (C=N–C) groups is 1. The minimum atomic E-state index is -2.37. The van der Waals surface area contributed by atoms with Crippen molar-refractivity contribution in [1.82, 2.24) is 10.2 Å². The van der Waals surface area contributed by atoms with E-state index in [4.69, 9.17) is 9.47 Å². The molecule has 20 heavy (non-hydrogen) atoms. The van der Waals surface area contributed by atoms with Gasteiger partial charge in [-0.1, -0.05) is 0 Å². The van der Waals surface area contributed by atoms with Gasteiger partial charge in [-0.05, 0) is 19.3 Å². The van der Waals surface area contributed by atoms with E-state index in [-0.39, 0.29) is 12.6 Å². The Labute approximate surface area is 119 Å². The highest BCUT2D eigenvalue weighted by molar-refractivity contribution is 5.79. The van der Waals surface area contributed by atoms with Crippen molar-refractivity contribution in [3.63, 3.8) is 0 Å². The van der Waals surface area contributed by atoms with E-state index >= 15 is 0 Å². The molecule has 1 rings (SSSR count). The average molecular weight is 293 g/mol. The maximum Gasteiger partial charge on any atom is 0.255 e. The van der Waals surface area contributed by atoms with Crippen LogP contribution in [0.1, 0.15) is 19.3 Å². The number of ether oxygens (including phenoxy) is 2. The summed E-state index contributed by atoms with van der Waals surface area (Å²) in [5, 5.41) is 2.68. The number of rotatable bonds is 7. The van der Waals surface area contributed by atoms with Gasteiger partial charge < -0.3 is 19.7 Å². The first-order chi connectivity index (χ1) is 9.67. The summed E-state index contributed by atoms with van der Waals surface area (Å²) in [6, 6.07) is 0. The molecule has 0 aromatic rings. The zero-order chi connectivity index (χ0) is 14.8. The fourth-order valence-electron chi connectivity index (χ4n) is 2.19. The van der Waals surface area contributed by atoms with Crippen LogP contribution in [0.25, 0.3) is 0 Å². The molecule has 7 heteroatoms. The maximum atomic E-state index is 12.2. The molecule has 0 unspecified atom stereocenters. The molecule has 0 aliphatic carbocycles. The highest BCUT2D eigenvalue weighted by atomic mass is 19.3. The number of piperidine rings is 1. The number of methoxy groups -OCH3 is 1. The van der Waals surface area contributed by atoms with Gasteiger partial charge in [-0.15, -0.1) is 0 Å². The third kappa shape index (κ3) is 6.47. The van der Waals surface area contributed by atoms with Gasteiger partial charge in [-0.2, -0.15) is 0 Å². The van der Waals surface area contributed by atoms with Crippen LogP contribution in [-0.4, -0.2) is 70.4 Å².